The number of hydrogen-bond donors (Lipinski definition) is 1. The maximum absolute atomic E-state index is 12.4. The van der Waals surface area contributed by atoms with Crippen LogP contribution in [-0.4, -0.2) is 43.6 Å². The zero-order valence-electron chi connectivity index (χ0n) is 14.6. The quantitative estimate of drug-likeness (QED) is 0.865. The standard InChI is InChI=1S/C18H28N2O2.ClH/c1-13-10-14(2)15(3)17(11-13)22-9-7-18(21)20-8-5-6-16(20)12-19-4;/h10-11,16,19H,5-9,12H2,1-4H3;1H. The Morgan fingerprint density at radius 3 is 2.78 bits per heavy atom. The van der Waals surface area contributed by atoms with Gasteiger partial charge in [0, 0.05) is 19.1 Å². The van der Waals surface area contributed by atoms with Crippen LogP contribution in [0.15, 0.2) is 12.1 Å². The molecule has 1 saturated heterocycles. The Hall–Kier alpha value is -1.26. The third-order valence-corrected chi connectivity index (χ3v) is 4.47. The van der Waals surface area contributed by atoms with E-state index in [0.717, 1.165) is 37.2 Å². The molecule has 0 aliphatic carbocycles. The number of amides is 1. The van der Waals surface area contributed by atoms with Crippen LogP contribution in [0.25, 0.3) is 0 Å². The van der Waals surface area contributed by atoms with E-state index in [0.29, 0.717) is 19.1 Å². The summed E-state index contributed by atoms with van der Waals surface area (Å²) in [5.41, 5.74) is 3.58. The minimum Gasteiger partial charge on any atom is -0.493 e. The molecule has 1 aromatic rings. The fourth-order valence-electron chi connectivity index (χ4n) is 3.15. The van der Waals surface area contributed by atoms with Gasteiger partial charge in [0.25, 0.3) is 0 Å². The first-order valence-electron chi connectivity index (χ1n) is 8.17. The number of nitrogens with zero attached hydrogens (tertiary/aromatic N) is 1. The average Bonchev–Trinajstić information content (AvgIpc) is 2.92. The monoisotopic (exact) mass is 340 g/mol. The maximum atomic E-state index is 12.4. The van der Waals surface area contributed by atoms with Crippen molar-refractivity contribution in [1.82, 2.24) is 10.2 Å². The first kappa shape index (κ1) is 19.8. The molecule has 1 heterocycles. The Labute approximate surface area is 146 Å². The van der Waals surface area contributed by atoms with E-state index in [-0.39, 0.29) is 18.3 Å². The Morgan fingerprint density at radius 2 is 2.09 bits per heavy atom. The number of carbonyl (C=O) groups excluding carboxylic acids is 1. The SMILES string of the molecule is CNCC1CCCN1C(=O)CCOc1cc(C)cc(C)c1C.Cl. The van der Waals surface area contributed by atoms with Gasteiger partial charge in [0.2, 0.25) is 5.91 Å². The minimum atomic E-state index is 0. The highest BCUT2D eigenvalue weighted by molar-refractivity contribution is 5.85. The molecular formula is C18H29ClN2O2. The van der Waals surface area contributed by atoms with Crippen molar-refractivity contribution in [1.29, 1.82) is 0 Å². The number of aryl methyl sites for hydroxylation is 2. The summed E-state index contributed by atoms with van der Waals surface area (Å²) >= 11 is 0. The number of halogens is 1. The van der Waals surface area contributed by atoms with Crippen LogP contribution < -0.4 is 10.1 Å². The van der Waals surface area contributed by atoms with Crippen LogP contribution in [0.2, 0.25) is 0 Å². The van der Waals surface area contributed by atoms with E-state index in [9.17, 15) is 4.79 Å². The number of likely N-dealkylation sites (N-methyl/N-ethyl adjacent to an activating group) is 1. The van der Waals surface area contributed by atoms with Crippen molar-refractivity contribution in [2.45, 2.75) is 46.1 Å². The van der Waals surface area contributed by atoms with Gasteiger partial charge in [-0.2, -0.15) is 0 Å². The number of nitrogens with one attached hydrogen (secondary N) is 1. The molecule has 0 spiro atoms. The molecule has 1 amide bonds. The number of ether oxygens (including phenoxy) is 1. The first-order chi connectivity index (χ1) is 10.5. The van der Waals surface area contributed by atoms with Gasteiger partial charge in [-0.15, -0.1) is 12.4 Å². The Kier molecular flexibility index (Phi) is 7.86. The molecule has 0 aromatic heterocycles. The lowest BCUT2D eigenvalue weighted by atomic mass is 10.1. The summed E-state index contributed by atoms with van der Waals surface area (Å²) in [7, 11) is 1.94. The molecule has 1 unspecified atom stereocenters. The van der Waals surface area contributed by atoms with Crippen LogP contribution in [0.1, 0.15) is 36.0 Å². The highest BCUT2D eigenvalue weighted by Crippen LogP contribution is 2.24. The van der Waals surface area contributed by atoms with E-state index in [1.807, 2.05) is 18.0 Å². The molecule has 23 heavy (non-hydrogen) atoms. The van der Waals surface area contributed by atoms with Gasteiger partial charge in [0.05, 0.1) is 13.0 Å². The summed E-state index contributed by atoms with van der Waals surface area (Å²) in [5.74, 6) is 1.11. The molecule has 1 aromatic carbocycles. The van der Waals surface area contributed by atoms with E-state index in [1.54, 1.807) is 0 Å². The summed E-state index contributed by atoms with van der Waals surface area (Å²) < 4.78 is 5.86. The van der Waals surface area contributed by atoms with E-state index in [1.165, 1.54) is 11.1 Å². The van der Waals surface area contributed by atoms with Crippen LogP contribution in [0.5, 0.6) is 5.75 Å². The summed E-state index contributed by atoms with van der Waals surface area (Å²) in [6.45, 7) is 8.43. The van der Waals surface area contributed by atoms with Crippen molar-refractivity contribution in [2.24, 2.45) is 0 Å². The van der Waals surface area contributed by atoms with Gasteiger partial charge in [-0.05, 0) is 63.4 Å². The summed E-state index contributed by atoms with van der Waals surface area (Å²) in [5, 5.41) is 3.17. The Balaban J connectivity index is 0.00000264. The minimum absolute atomic E-state index is 0. The lowest BCUT2D eigenvalue weighted by Gasteiger charge is -2.24. The summed E-state index contributed by atoms with van der Waals surface area (Å²) in [6, 6.07) is 4.55. The van der Waals surface area contributed by atoms with Crippen LogP contribution in [0.3, 0.4) is 0 Å². The highest BCUT2D eigenvalue weighted by atomic mass is 35.5. The number of hydrogen-bond acceptors (Lipinski definition) is 3. The second kappa shape index (κ2) is 9.14. The molecule has 4 nitrogen and oxygen atoms in total. The molecule has 1 aliphatic rings. The van der Waals surface area contributed by atoms with Gasteiger partial charge >= 0.3 is 0 Å². The van der Waals surface area contributed by atoms with Crippen molar-refractivity contribution in [3.63, 3.8) is 0 Å². The average molecular weight is 341 g/mol. The van der Waals surface area contributed by atoms with Crippen molar-refractivity contribution < 1.29 is 9.53 Å². The molecule has 1 fully saturated rings. The molecule has 1 N–H and O–H groups in total. The smallest absolute Gasteiger partial charge is 0.226 e. The normalized spacial score (nSPS) is 17.0. The number of rotatable bonds is 6. The van der Waals surface area contributed by atoms with Crippen LogP contribution in [-0.2, 0) is 4.79 Å². The van der Waals surface area contributed by atoms with E-state index < -0.39 is 0 Å². The number of likely N-dealkylation sites (tertiary alicyclic amines) is 1. The third kappa shape index (κ3) is 5.11. The molecule has 0 saturated carbocycles. The lowest BCUT2D eigenvalue weighted by molar-refractivity contribution is -0.132. The molecule has 130 valence electrons. The van der Waals surface area contributed by atoms with E-state index in [4.69, 9.17) is 4.74 Å². The van der Waals surface area contributed by atoms with Crippen LogP contribution in [0, 0.1) is 20.8 Å². The van der Waals surface area contributed by atoms with Gasteiger partial charge in [0.15, 0.2) is 0 Å². The van der Waals surface area contributed by atoms with Gasteiger partial charge in [-0.25, -0.2) is 0 Å². The van der Waals surface area contributed by atoms with E-state index in [2.05, 4.69) is 32.2 Å². The molecule has 5 heteroatoms. The lowest BCUT2D eigenvalue weighted by Crippen LogP contribution is -2.41. The zero-order chi connectivity index (χ0) is 16.1. The molecular weight excluding hydrogens is 312 g/mol. The molecule has 0 radical (unpaired) electrons. The third-order valence-electron chi connectivity index (χ3n) is 4.47. The first-order valence-corrected chi connectivity index (χ1v) is 8.17. The van der Waals surface area contributed by atoms with Crippen molar-refractivity contribution in [3.8, 4) is 5.75 Å². The van der Waals surface area contributed by atoms with Gasteiger partial charge in [-0.1, -0.05) is 6.07 Å². The van der Waals surface area contributed by atoms with Gasteiger partial charge in [0.1, 0.15) is 5.75 Å². The number of carbonyl (C=O) groups is 1. The molecule has 2 rings (SSSR count). The van der Waals surface area contributed by atoms with Crippen molar-refractivity contribution >= 4 is 18.3 Å². The fourth-order valence-corrected chi connectivity index (χ4v) is 3.15. The summed E-state index contributed by atoms with van der Waals surface area (Å²) in [6.07, 6.45) is 2.66. The van der Waals surface area contributed by atoms with Gasteiger partial charge in [-0.3, -0.25) is 4.79 Å². The largest absolute Gasteiger partial charge is 0.493 e. The topological polar surface area (TPSA) is 41.6 Å². The second-order valence-corrected chi connectivity index (χ2v) is 6.24. The van der Waals surface area contributed by atoms with E-state index >= 15 is 0 Å². The maximum Gasteiger partial charge on any atom is 0.226 e. The van der Waals surface area contributed by atoms with Crippen LogP contribution in [0.4, 0.5) is 0 Å². The Bertz CT molecular complexity index is 534. The second-order valence-electron chi connectivity index (χ2n) is 6.24. The van der Waals surface area contributed by atoms with Gasteiger partial charge < -0.3 is 15.0 Å². The van der Waals surface area contributed by atoms with Crippen LogP contribution >= 0.6 is 12.4 Å². The molecule has 1 aliphatic heterocycles. The van der Waals surface area contributed by atoms with Crippen molar-refractivity contribution in [3.05, 3.63) is 28.8 Å². The predicted molar refractivity (Wildman–Crippen MR) is 96.7 cm³/mol. The molecule has 0 bridgehead atoms. The predicted octanol–water partition coefficient (Wildman–Crippen LogP) is 3.01. The van der Waals surface area contributed by atoms with Crippen molar-refractivity contribution in [2.75, 3.05) is 26.7 Å². The Morgan fingerprint density at radius 1 is 1.35 bits per heavy atom. The highest BCUT2D eigenvalue weighted by Gasteiger charge is 2.27. The summed E-state index contributed by atoms with van der Waals surface area (Å²) in [4.78, 5) is 14.4. The zero-order valence-corrected chi connectivity index (χ0v) is 15.5. The fraction of sp³-hybridized carbons (Fsp3) is 0.611. The molecule has 1 atom stereocenters. The number of benzene rings is 1.